The van der Waals surface area contributed by atoms with Crippen molar-refractivity contribution in [1.82, 2.24) is 10.2 Å². The number of rotatable bonds is 3. The fourth-order valence-corrected chi connectivity index (χ4v) is 2.63. The minimum atomic E-state index is -0.194. The van der Waals surface area contributed by atoms with Gasteiger partial charge >= 0.3 is 0 Å². The van der Waals surface area contributed by atoms with Crippen LogP contribution in [0.2, 0.25) is 0 Å². The van der Waals surface area contributed by atoms with E-state index in [4.69, 9.17) is 5.73 Å². The Bertz CT molecular complexity index is 794. The lowest BCUT2D eigenvalue weighted by Gasteiger charge is -2.01. The predicted molar refractivity (Wildman–Crippen MR) is 88.9 cm³/mol. The summed E-state index contributed by atoms with van der Waals surface area (Å²) in [4.78, 5) is 12.1. The van der Waals surface area contributed by atoms with Gasteiger partial charge in [0.15, 0.2) is 0 Å². The summed E-state index contributed by atoms with van der Waals surface area (Å²) in [6, 6.07) is 14.7. The fourth-order valence-electron chi connectivity index (χ4n) is 1.89. The predicted octanol–water partition coefficient (Wildman–Crippen LogP) is 3.35. The topological polar surface area (TPSA) is 80.9 Å². The third-order valence-electron chi connectivity index (χ3n) is 3.12. The van der Waals surface area contributed by atoms with Crippen LogP contribution in [0.25, 0.3) is 10.6 Å². The molecule has 0 radical (unpaired) electrons. The highest BCUT2D eigenvalue weighted by Gasteiger charge is 2.11. The number of aryl methyl sites for hydroxylation is 1. The zero-order valence-electron chi connectivity index (χ0n) is 11.9. The minimum absolute atomic E-state index is 0.194. The molecule has 1 aromatic heterocycles. The second kappa shape index (κ2) is 5.95. The zero-order chi connectivity index (χ0) is 15.5. The van der Waals surface area contributed by atoms with Crippen molar-refractivity contribution in [2.45, 2.75) is 6.92 Å². The molecule has 0 aliphatic heterocycles. The Kier molecular flexibility index (Phi) is 3.84. The monoisotopic (exact) mass is 310 g/mol. The maximum absolute atomic E-state index is 12.1. The van der Waals surface area contributed by atoms with Gasteiger partial charge in [0.05, 0.1) is 0 Å². The number of benzene rings is 2. The van der Waals surface area contributed by atoms with Crippen LogP contribution in [0.4, 0.5) is 10.8 Å². The summed E-state index contributed by atoms with van der Waals surface area (Å²) in [5.41, 5.74) is 8.98. The molecule has 1 amide bonds. The summed E-state index contributed by atoms with van der Waals surface area (Å²) in [6.45, 7) is 1.98. The van der Waals surface area contributed by atoms with Gasteiger partial charge in [0.25, 0.3) is 5.91 Å². The summed E-state index contributed by atoms with van der Waals surface area (Å²) in [5.74, 6) is -0.194. The number of carbonyl (C=O) groups is 1. The van der Waals surface area contributed by atoms with Gasteiger partial charge in [-0.05, 0) is 43.3 Å². The van der Waals surface area contributed by atoms with Gasteiger partial charge in [-0.25, -0.2) is 0 Å². The summed E-state index contributed by atoms with van der Waals surface area (Å²) in [7, 11) is 0. The number of nitrogens with two attached hydrogens (primary N) is 1. The molecular weight excluding hydrogens is 296 g/mol. The van der Waals surface area contributed by atoms with Crippen LogP contribution in [0.3, 0.4) is 0 Å². The third kappa shape index (κ3) is 3.12. The number of hydrogen-bond acceptors (Lipinski definition) is 5. The molecule has 6 heteroatoms. The van der Waals surface area contributed by atoms with Gasteiger partial charge in [-0.3, -0.25) is 10.1 Å². The van der Waals surface area contributed by atoms with Gasteiger partial charge in [-0.1, -0.05) is 29.0 Å². The first-order chi connectivity index (χ1) is 10.6. The number of carbonyl (C=O) groups excluding carboxylic acids is 1. The third-order valence-corrected chi connectivity index (χ3v) is 4.00. The molecule has 0 aliphatic carbocycles. The molecule has 0 saturated carbocycles. The molecule has 0 fully saturated rings. The molecule has 1 heterocycles. The van der Waals surface area contributed by atoms with Gasteiger partial charge in [0.2, 0.25) is 5.13 Å². The molecule has 22 heavy (non-hydrogen) atoms. The Morgan fingerprint density at radius 1 is 1.05 bits per heavy atom. The molecule has 3 aromatic rings. The van der Waals surface area contributed by atoms with Crippen LogP contribution in [0.1, 0.15) is 15.9 Å². The number of aromatic nitrogens is 2. The normalized spacial score (nSPS) is 10.4. The number of nitrogens with one attached hydrogen (secondary N) is 1. The average Bonchev–Trinajstić information content (AvgIpc) is 2.97. The molecule has 0 unspecified atom stereocenters. The standard InChI is InChI=1S/C16H14N4OS/c1-10-2-4-11(5-3-10)14(21)18-16-20-19-15(22-16)12-6-8-13(17)9-7-12/h2-9H,17H2,1H3,(H,18,20,21). The first-order valence-corrected chi connectivity index (χ1v) is 7.51. The lowest BCUT2D eigenvalue weighted by molar-refractivity contribution is 0.102. The van der Waals surface area contributed by atoms with Crippen molar-refractivity contribution >= 4 is 28.1 Å². The van der Waals surface area contributed by atoms with Gasteiger partial charge in [-0.15, -0.1) is 10.2 Å². The maximum Gasteiger partial charge on any atom is 0.257 e. The summed E-state index contributed by atoms with van der Waals surface area (Å²) >= 11 is 1.32. The molecule has 0 aliphatic rings. The van der Waals surface area contributed by atoms with Crippen LogP contribution < -0.4 is 11.1 Å². The first kappa shape index (κ1) is 14.2. The minimum Gasteiger partial charge on any atom is -0.399 e. The van der Waals surface area contributed by atoms with Crippen LogP contribution in [0.5, 0.6) is 0 Å². The van der Waals surface area contributed by atoms with Crippen molar-refractivity contribution < 1.29 is 4.79 Å². The van der Waals surface area contributed by atoms with Crippen molar-refractivity contribution in [1.29, 1.82) is 0 Å². The second-order valence-corrected chi connectivity index (χ2v) is 5.83. The van der Waals surface area contributed by atoms with Crippen LogP contribution in [-0.2, 0) is 0 Å². The van der Waals surface area contributed by atoms with E-state index in [1.54, 1.807) is 24.3 Å². The van der Waals surface area contributed by atoms with Gasteiger partial charge in [0, 0.05) is 16.8 Å². The molecule has 3 N–H and O–H groups in total. The van der Waals surface area contributed by atoms with Gasteiger partial charge in [-0.2, -0.15) is 0 Å². The highest BCUT2D eigenvalue weighted by Crippen LogP contribution is 2.27. The lowest BCUT2D eigenvalue weighted by atomic mass is 10.1. The number of hydrogen-bond donors (Lipinski definition) is 2. The number of amides is 1. The molecule has 0 atom stereocenters. The first-order valence-electron chi connectivity index (χ1n) is 6.69. The van der Waals surface area contributed by atoms with E-state index in [1.807, 2.05) is 31.2 Å². The van der Waals surface area contributed by atoms with Crippen LogP contribution in [-0.4, -0.2) is 16.1 Å². The van der Waals surface area contributed by atoms with E-state index in [1.165, 1.54) is 11.3 Å². The van der Waals surface area contributed by atoms with E-state index in [9.17, 15) is 4.79 Å². The molecule has 0 saturated heterocycles. The summed E-state index contributed by atoms with van der Waals surface area (Å²) in [5, 5.41) is 12.1. The number of nitrogen functional groups attached to an aromatic ring is 1. The maximum atomic E-state index is 12.1. The van der Waals surface area contributed by atoms with Crippen LogP contribution in [0.15, 0.2) is 48.5 Å². The molecule has 0 spiro atoms. The van der Waals surface area contributed by atoms with E-state index in [-0.39, 0.29) is 5.91 Å². The lowest BCUT2D eigenvalue weighted by Crippen LogP contribution is -2.11. The number of nitrogens with zero attached hydrogens (tertiary/aromatic N) is 2. The zero-order valence-corrected chi connectivity index (χ0v) is 12.7. The van der Waals surface area contributed by atoms with Crippen molar-refractivity contribution in [2.75, 3.05) is 11.1 Å². The van der Waals surface area contributed by atoms with Crippen LogP contribution >= 0.6 is 11.3 Å². The summed E-state index contributed by atoms with van der Waals surface area (Å²) in [6.07, 6.45) is 0. The van der Waals surface area contributed by atoms with Gasteiger partial charge < -0.3 is 5.73 Å². The van der Waals surface area contributed by atoms with Crippen molar-refractivity contribution in [3.05, 3.63) is 59.7 Å². The van der Waals surface area contributed by atoms with Crippen LogP contribution in [0, 0.1) is 6.92 Å². The van der Waals surface area contributed by atoms with E-state index in [0.717, 1.165) is 16.1 Å². The fraction of sp³-hybridized carbons (Fsp3) is 0.0625. The number of anilines is 2. The molecule has 110 valence electrons. The van der Waals surface area contributed by atoms with Crippen molar-refractivity contribution in [2.24, 2.45) is 0 Å². The Hall–Kier alpha value is -2.73. The largest absolute Gasteiger partial charge is 0.399 e. The van der Waals surface area contributed by atoms with Gasteiger partial charge in [0.1, 0.15) is 5.01 Å². The smallest absolute Gasteiger partial charge is 0.257 e. The Balaban J connectivity index is 1.75. The van der Waals surface area contributed by atoms with Crippen molar-refractivity contribution in [3.63, 3.8) is 0 Å². The van der Waals surface area contributed by atoms with E-state index in [0.29, 0.717) is 16.4 Å². The van der Waals surface area contributed by atoms with E-state index < -0.39 is 0 Å². The van der Waals surface area contributed by atoms with E-state index in [2.05, 4.69) is 15.5 Å². The second-order valence-electron chi connectivity index (χ2n) is 4.85. The molecule has 0 bridgehead atoms. The molecule has 3 rings (SSSR count). The molecule has 2 aromatic carbocycles. The Labute approximate surface area is 131 Å². The quantitative estimate of drug-likeness (QED) is 0.727. The summed E-state index contributed by atoms with van der Waals surface area (Å²) < 4.78 is 0. The Morgan fingerprint density at radius 2 is 1.73 bits per heavy atom. The highest BCUT2D eigenvalue weighted by atomic mass is 32.1. The molecule has 5 nitrogen and oxygen atoms in total. The molecular formula is C16H14N4OS. The Morgan fingerprint density at radius 3 is 2.41 bits per heavy atom. The SMILES string of the molecule is Cc1ccc(C(=O)Nc2nnc(-c3ccc(N)cc3)s2)cc1. The van der Waals surface area contributed by atoms with E-state index >= 15 is 0 Å². The average molecular weight is 310 g/mol. The van der Waals surface area contributed by atoms with Crippen molar-refractivity contribution in [3.8, 4) is 10.6 Å². The highest BCUT2D eigenvalue weighted by molar-refractivity contribution is 7.18.